The Morgan fingerprint density at radius 3 is 2.48 bits per heavy atom. The van der Waals surface area contributed by atoms with Crippen LogP contribution in [0.5, 0.6) is 5.75 Å². The summed E-state index contributed by atoms with van der Waals surface area (Å²) in [6.45, 7) is 6.02. The smallest absolute Gasteiger partial charge is 0.166 e. The lowest BCUT2D eigenvalue weighted by Gasteiger charge is -2.24. The maximum Gasteiger partial charge on any atom is 0.166 e. The number of hydrogen-bond acceptors (Lipinski definition) is 4. The second kappa shape index (κ2) is 6.81. The average Bonchev–Trinajstić information content (AvgIpc) is 3.09. The third kappa shape index (κ3) is 2.93. The summed E-state index contributed by atoms with van der Waals surface area (Å²) >= 11 is 0. The number of hydrogen-bond donors (Lipinski definition) is 0. The van der Waals surface area contributed by atoms with Crippen molar-refractivity contribution in [3.05, 3.63) is 64.7 Å². The highest BCUT2D eigenvalue weighted by Crippen LogP contribution is 2.53. The number of Topliss-reactive ketones (excluding diaryl/α,β-unsaturated/α-hetero) is 2. The highest BCUT2D eigenvalue weighted by molar-refractivity contribution is 6.04. The molecule has 5 rings (SSSR count). The van der Waals surface area contributed by atoms with Gasteiger partial charge in [0.05, 0.1) is 24.2 Å². The summed E-state index contributed by atoms with van der Waals surface area (Å²) in [5, 5.41) is 0. The van der Waals surface area contributed by atoms with Gasteiger partial charge < -0.3 is 9.47 Å². The first-order chi connectivity index (χ1) is 14.0. The van der Waals surface area contributed by atoms with E-state index < -0.39 is 0 Å². The minimum absolute atomic E-state index is 0.0184. The van der Waals surface area contributed by atoms with E-state index in [1.165, 1.54) is 0 Å². The fourth-order valence-electron chi connectivity index (χ4n) is 5.09. The van der Waals surface area contributed by atoms with Crippen LogP contribution in [0.25, 0.3) is 0 Å². The molecule has 0 amide bonds. The Balaban J connectivity index is 1.54. The molecule has 1 aliphatic carbocycles. The van der Waals surface area contributed by atoms with E-state index in [4.69, 9.17) is 9.47 Å². The zero-order valence-electron chi connectivity index (χ0n) is 16.9. The number of ketones is 2. The minimum atomic E-state index is -0.375. The fraction of sp³-hybridized carbons (Fsp3) is 0.440. The molecule has 4 heteroatoms. The molecule has 4 atom stereocenters. The molecule has 2 fully saturated rings. The van der Waals surface area contributed by atoms with Crippen LogP contribution >= 0.6 is 0 Å². The number of benzene rings is 2. The molecule has 1 unspecified atom stereocenters. The largest absolute Gasteiger partial charge is 0.491 e. The van der Waals surface area contributed by atoms with Crippen molar-refractivity contribution < 1.29 is 19.1 Å². The number of carbonyl (C=O) groups is 2. The van der Waals surface area contributed by atoms with E-state index in [2.05, 4.69) is 19.1 Å². The molecule has 2 aliphatic heterocycles. The summed E-state index contributed by atoms with van der Waals surface area (Å²) in [6, 6.07) is 13.9. The molecular weight excluding hydrogens is 364 g/mol. The van der Waals surface area contributed by atoms with Crippen molar-refractivity contribution in [1.29, 1.82) is 0 Å². The van der Waals surface area contributed by atoms with Crippen molar-refractivity contribution in [3.63, 3.8) is 0 Å². The Bertz CT molecular complexity index is 970. The van der Waals surface area contributed by atoms with Crippen molar-refractivity contribution >= 4 is 11.6 Å². The zero-order valence-corrected chi connectivity index (χ0v) is 16.9. The molecule has 1 saturated heterocycles. The van der Waals surface area contributed by atoms with Gasteiger partial charge in [0.25, 0.3) is 0 Å². The summed E-state index contributed by atoms with van der Waals surface area (Å²) in [6.07, 6.45) is 0.930. The molecule has 2 aromatic rings. The topological polar surface area (TPSA) is 52.6 Å². The van der Waals surface area contributed by atoms with Crippen molar-refractivity contribution in [3.8, 4) is 5.75 Å². The standard InChI is InChI=1S/C25H26O4/c1-3-22(26)18-9-15(23(27)11-17-19-12-28-13-20(17)19)10-21-24(18)29-14-25(21,2)16-7-5-4-6-8-16/h4-10,17,19-20H,3,11-14H2,1-2H3/t17?,19-,20+,25-/m1/s1. The molecule has 4 nitrogen and oxygen atoms in total. The van der Waals surface area contributed by atoms with E-state index in [1.807, 2.05) is 31.2 Å². The third-order valence-corrected chi connectivity index (χ3v) is 7.09. The molecule has 150 valence electrons. The highest BCUT2D eigenvalue weighted by Gasteiger charge is 2.54. The van der Waals surface area contributed by atoms with E-state index in [0.29, 0.717) is 54.1 Å². The molecule has 2 aromatic carbocycles. The molecule has 0 spiro atoms. The molecule has 2 heterocycles. The Hall–Kier alpha value is -2.46. The van der Waals surface area contributed by atoms with Crippen LogP contribution in [0.3, 0.4) is 0 Å². The van der Waals surface area contributed by atoms with Crippen LogP contribution in [-0.2, 0) is 10.2 Å². The van der Waals surface area contributed by atoms with Gasteiger partial charge in [-0.25, -0.2) is 0 Å². The van der Waals surface area contributed by atoms with E-state index >= 15 is 0 Å². The lowest BCUT2D eigenvalue weighted by molar-refractivity contribution is 0.0950. The molecule has 3 aliphatic rings. The van der Waals surface area contributed by atoms with Gasteiger partial charge in [-0.15, -0.1) is 0 Å². The second-order valence-corrected chi connectivity index (χ2v) is 8.82. The molecular formula is C25H26O4. The second-order valence-electron chi connectivity index (χ2n) is 8.82. The van der Waals surface area contributed by atoms with E-state index in [9.17, 15) is 9.59 Å². The van der Waals surface area contributed by atoms with E-state index in [0.717, 1.165) is 24.3 Å². The van der Waals surface area contributed by atoms with Gasteiger partial charge in [-0.05, 0) is 42.4 Å². The monoisotopic (exact) mass is 390 g/mol. The van der Waals surface area contributed by atoms with E-state index in [-0.39, 0.29) is 17.0 Å². The minimum Gasteiger partial charge on any atom is -0.491 e. The van der Waals surface area contributed by atoms with Crippen molar-refractivity contribution in [2.75, 3.05) is 19.8 Å². The van der Waals surface area contributed by atoms with Crippen LogP contribution in [-0.4, -0.2) is 31.4 Å². The van der Waals surface area contributed by atoms with Crippen LogP contribution in [0.2, 0.25) is 0 Å². The Morgan fingerprint density at radius 1 is 1.07 bits per heavy atom. The first kappa shape index (κ1) is 18.6. The van der Waals surface area contributed by atoms with Crippen molar-refractivity contribution in [2.24, 2.45) is 17.8 Å². The zero-order chi connectivity index (χ0) is 20.2. The predicted octanol–water partition coefficient (Wildman–Crippen LogP) is 4.44. The van der Waals surface area contributed by atoms with Gasteiger partial charge >= 0.3 is 0 Å². The molecule has 0 bridgehead atoms. The third-order valence-electron chi connectivity index (χ3n) is 7.09. The first-order valence-electron chi connectivity index (χ1n) is 10.5. The van der Waals surface area contributed by atoms with Crippen LogP contribution in [0.15, 0.2) is 42.5 Å². The van der Waals surface area contributed by atoms with Crippen molar-refractivity contribution in [1.82, 2.24) is 0 Å². The number of ether oxygens (including phenoxy) is 2. The summed E-state index contributed by atoms with van der Waals surface area (Å²) in [4.78, 5) is 25.8. The normalized spacial score (nSPS) is 29.1. The Labute approximate surface area is 171 Å². The Morgan fingerprint density at radius 2 is 1.79 bits per heavy atom. The molecule has 0 aromatic heterocycles. The quantitative estimate of drug-likeness (QED) is 0.684. The molecule has 0 N–H and O–H groups in total. The average molecular weight is 390 g/mol. The van der Waals surface area contributed by atoms with Gasteiger partial charge in [-0.3, -0.25) is 9.59 Å². The summed E-state index contributed by atoms with van der Waals surface area (Å²) in [7, 11) is 0. The number of fused-ring (bicyclic) bond motifs is 2. The maximum atomic E-state index is 13.1. The van der Waals surface area contributed by atoms with Gasteiger partial charge in [-0.2, -0.15) is 0 Å². The summed E-state index contributed by atoms with van der Waals surface area (Å²) in [5.41, 5.74) is 2.89. The van der Waals surface area contributed by atoms with Gasteiger partial charge in [0.1, 0.15) is 12.4 Å². The van der Waals surface area contributed by atoms with Crippen LogP contribution < -0.4 is 4.74 Å². The van der Waals surface area contributed by atoms with Gasteiger partial charge in [0, 0.05) is 24.0 Å². The van der Waals surface area contributed by atoms with E-state index in [1.54, 1.807) is 6.07 Å². The van der Waals surface area contributed by atoms with Crippen molar-refractivity contribution in [2.45, 2.75) is 32.1 Å². The molecule has 1 saturated carbocycles. The summed E-state index contributed by atoms with van der Waals surface area (Å²) < 4.78 is 11.5. The number of rotatable bonds is 6. The molecule has 0 radical (unpaired) electrons. The van der Waals surface area contributed by atoms with Crippen LogP contribution in [0, 0.1) is 17.8 Å². The van der Waals surface area contributed by atoms with Crippen LogP contribution in [0.4, 0.5) is 0 Å². The van der Waals surface area contributed by atoms with Gasteiger partial charge in [0.15, 0.2) is 11.6 Å². The SMILES string of the molecule is CCC(=O)c1cc(C(=O)CC2[C@H]3COC[C@@H]23)cc2c1OC[C@]2(C)c1ccccc1. The maximum absolute atomic E-state index is 13.1. The van der Waals surface area contributed by atoms with Gasteiger partial charge in [0.2, 0.25) is 0 Å². The number of carbonyl (C=O) groups excluding carboxylic acids is 2. The van der Waals surface area contributed by atoms with Gasteiger partial charge in [-0.1, -0.05) is 37.3 Å². The lowest BCUT2D eigenvalue weighted by Crippen LogP contribution is -2.25. The highest BCUT2D eigenvalue weighted by atomic mass is 16.5. The van der Waals surface area contributed by atoms with Crippen LogP contribution in [0.1, 0.15) is 58.5 Å². The predicted molar refractivity (Wildman–Crippen MR) is 110 cm³/mol. The Kier molecular flexibility index (Phi) is 4.36. The molecule has 29 heavy (non-hydrogen) atoms. The summed E-state index contributed by atoms with van der Waals surface area (Å²) in [5.74, 6) is 2.32. The first-order valence-corrected chi connectivity index (χ1v) is 10.5. The lowest BCUT2D eigenvalue weighted by atomic mass is 9.76. The fourth-order valence-corrected chi connectivity index (χ4v) is 5.09.